The number of aromatic nitrogens is 4. The van der Waals surface area contributed by atoms with E-state index in [2.05, 4.69) is 40.0 Å². The average molecular weight is 247 g/mol. The highest BCUT2D eigenvalue weighted by Crippen LogP contribution is 2.12. The Morgan fingerprint density at radius 1 is 1.39 bits per heavy atom. The summed E-state index contributed by atoms with van der Waals surface area (Å²) in [4.78, 5) is 4.51. The first-order valence-electron chi connectivity index (χ1n) is 6.31. The summed E-state index contributed by atoms with van der Waals surface area (Å²) < 4.78 is 4.05. The van der Waals surface area contributed by atoms with Gasteiger partial charge >= 0.3 is 0 Å². The van der Waals surface area contributed by atoms with Gasteiger partial charge in [0.1, 0.15) is 0 Å². The topological polar surface area (TPSA) is 47.7 Å². The van der Waals surface area contributed by atoms with E-state index in [0.717, 1.165) is 30.4 Å². The van der Waals surface area contributed by atoms with Gasteiger partial charge in [-0.05, 0) is 18.9 Å². The molecule has 0 radical (unpaired) electrons. The van der Waals surface area contributed by atoms with Crippen molar-refractivity contribution >= 4 is 5.95 Å². The predicted molar refractivity (Wildman–Crippen MR) is 72.3 cm³/mol. The molecule has 1 N–H and O–H groups in total. The van der Waals surface area contributed by atoms with Crippen LogP contribution in [0.15, 0.2) is 18.5 Å². The predicted octanol–water partition coefficient (Wildman–Crippen LogP) is 2.19. The average Bonchev–Trinajstić information content (AvgIpc) is 2.82. The van der Waals surface area contributed by atoms with E-state index < -0.39 is 0 Å². The summed E-state index contributed by atoms with van der Waals surface area (Å²) in [6, 6.07) is 2.01. The van der Waals surface area contributed by atoms with Crippen LogP contribution in [0.4, 0.5) is 5.95 Å². The van der Waals surface area contributed by atoms with Crippen molar-refractivity contribution in [2.45, 2.75) is 33.9 Å². The Kier molecular flexibility index (Phi) is 3.69. The second kappa shape index (κ2) is 5.25. The Balaban J connectivity index is 2.07. The Bertz CT molecular complexity index is 509. The molecule has 0 amide bonds. The molecule has 5 nitrogen and oxygen atoms in total. The van der Waals surface area contributed by atoms with Crippen molar-refractivity contribution in [2.24, 2.45) is 13.0 Å². The van der Waals surface area contributed by atoms with Gasteiger partial charge in [-0.15, -0.1) is 0 Å². The molecule has 98 valence electrons. The van der Waals surface area contributed by atoms with Crippen LogP contribution >= 0.6 is 0 Å². The molecule has 0 saturated carbocycles. The van der Waals surface area contributed by atoms with Gasteiger partial charge in [0.25, 0.3) is 0 Å². The van der Waals surface area contributed by atoms with Gasteiger partial charge in [-0.1, -0.05) is 13.8 Å². The van der Waals surface area contributed by atoms with Crippen LogP contribution in [0, 0.1) is 12.8 Å². The smallest absolute Gasteiger partial charge is 0.203 e. The third-order valence-electron chi connectivity index (χ3n) is 2.81. The standard InChI is InChI=1S/C13H21N5/c1-10(2)8-18-9-11(3)16-13(18)14-7-12-5-6-15-17(12)4/h5-6,9-10H,7-8H2,1-4H3,(H,14,16). The molecule has 2 aromatic heterocycles. The van der Waals surface area contributed by atoms with Crippen LogP contribution in [0.1, 0.15) is 25.2 Å². The number of nitrogens with zero attached hydrogens (tertiary/aromatic N) is 4. The first-order valence-corrected chi connectivity index (χ1v) is 6.31. The molecule has 18 heavy (non-hydrogen) atoms. The van der Waals surface area contributed by atoms with Crippen LogP contribution in [0.2, 0.25) is 0 Å². The molecule has 2 aromatic rings. The van der Waals surface area contributed by atoms with Crippen LogP contribution in [0.25, 0.3) is 0 Å². The molecule has 0 aliphatic heterocycles. The number of anilines is 1. The van der Waals surface area contributed by atoms with Crippen LogP contribution in [0.5, 0.6) is 0 Å². The van der Waals surface area contributed by atoms with Gasteiger partial charge in [0, 0.05) is 26.0 Å². The summed E-state index contributed by atoms with van der Waals surface area (Å²) in [6.45, 7) is 8.16. The zero-order valence-corrected chi connectivity index (χ0v) is 11.5. The summed E-state index contributed by atoms with van der Waals surface area (Å²) in [5.74, 6) is 1.54. The minimum atomic E-state index is 0.607. The molecule has 0 bridgehead atoms. The molecule has 0 spiro atoms. The van der Waals surface area contributed by atoms with Gasteiger partial charge in [0.2, 0.25) is 5.95 Å². The fourth-order valence-electron chi connectivity index (χ4n) is 1.96. The van der Waals surface area contributed by atoms with Gasteiger partial charge < -0.3 is 9.88 Å². The molecule has 0 atom stereocenters. The Morgan fingerprint density at radius 2 is 2.17 bits per heavy atom. The van der Waals surface area contributed by atoms with Crippen LogP contribution < -0.4 is 5.32 Å². The van der Waals surface area contributed by atoms with Crippen molar-refractivity contribution in [2.75, 3.05) is 5.32 Å². The summed E-state index contributed by atoms with van der Waals surface area (Å²) in [6.07, 6.45) is 3.90. The molecule has 0 aromatic carbocycles. The number of nitrogens with one attached hydrogen (secondary N) is 1. The highest BCUT2D eigenvalue weighted by Gasteiger charge is 2.07. The lowest BCUT2D eigenvalue weighted by atomic mass is 10.2. The quantitative estimate of drug-likeness (QED) is 0.881. The van der Waals surface area contributed by atoms with E-state index in [1.165, 1.54) is 0 Å². The molecule has 2 heterocycles. The van der Waals surface area contributed by atoms with Crippen molar-refractivity contribution in [3.8, 4) is 0 Å². The van der Waals surface area contributed by atoms with Crippen LogP contribution in [0.3, 0.4) is 0 Å². The molecule has 0 aliphatic rings. The summed E-state index contributed by atoms with van der Waals surface area (Å²) >= 11 is 0. The van der Waals surface area contributed by atoms with E-state index >= 15 is 0 Å². The van der Waals surface area contributed by atoms with Gasteiger partial charge in [-0.2, -0.15) is 5.10 Å². The van der Waals surface area contributed by atoms with E-state index in [1.807, 2.05) is 30.9 Å². The van der Waals surface area contributed by atoms with Gasteiger partial charge in [-0.25, -0.2) is 4.98 Å². The summed E-state index contributed by atoms with van der Waals surface area (Å²) in [5, 5.41) is 7.53. The molecular weight excluding hydrogens is 226 g/mol. The monoisotopic (exact) mass is 247 g/mol. The number of rotatable bonds is 5. The maximum absolute atomic E-state index is 4.51. The molecule has 0 saturated heterocycles. The third-order valence-corrected chi connectivity index (χ3v) is 2.81. The number of aryl methyl sites for hydroxylation is 2. The van der Waals surface area contributed by atoms with Crippen LogP contribution in [-0.4, -0.2) is 19.3 Å². The van der Waals surface area contributed by atoms with Crippen molar-refractivity contribution in [1.29, 1.82) is 0 Å². The normalized spacial score (nSPS) is 11.2. The van der Waals surface area contributed by atoms with Gasteiger partial charge in [0.05, 0.1) is 17.9 Å². The Morgan fingerprint density at radius 3 is 2.78 bits per heavy atom. The van der Waals surface area contributed by atoms with Crippen molar-refractivity contribution < 1.29 is 0 Å². The number of hydrogen-bond donors (Lipinski definition) is 1. The van der Waals surface area contributed by atoms with Gasteiger partial charge in [-0.3, -0.25) is 4.68 Å². The highest BCUT2D eigenvalue weighted by atomic mass is 15.3. The number of imidazole rings is 1. The first-order chi connectivity index (χ1) is 8.56. The second-order valence-electron chi connectivity index (χ2n) is 5.05. The molecule has 0 aliphatic carbocycles. The summed E-state index contributed by atoms with van der Waals surface area (Å²) in [5.41, 5.74) is 2.19. The highest BCUT2D eigenvalue weighted by molar-refractivity contribution is 5.29. The maximum atomic E-state index is 4.51. The molecule has 0 fully saturated rings. The fourth-order valence-corrected chi connectivity index (χ4v) is 1.96. The van der Waals surface area contributed by atoms with Crippen molar-refractivity contribution in [3.63, 3.8) is 0 Å². The van der Waals surface area contributed by atoms with Crippen molar-refractivity contribution in [3.05, 3.63) is 29.8 Å². The number of hydrogen-bond acceptors (Lipinski definition) is 3. The lowest BCUT2D eigenvalue weighted by molar-refractivity contribution is 0.525. The Hall–Kier alpha value is -1.78. The van der Waals surface area contributed by atoms with Gasteiger partial charge in [0.15, 0.2) is 0 Å². The third kappa shape index (κ3) is 2.91. The minimum Gasteiger partial charge on any atom is -0.350 e. The van der Waals surface area contributed by atoms with E-state index in [4.69, 9.17) is 0 Å². The summed E-state index contributed by atoms with van der Waals surface area (Å²) in [7, 11) is 1.95. The van der Waals surface area contributed by atoms with Crippen molar-refractivity contribution in [1.82, 2.24) is 19.3 Å². The zero-order valence-electron chi connectivity index (χ0n) is 11.5. The van der Waals surface area contributed by atoms with Crippen LogP contribution in [-0.2, 0) is 20.1 Å². The zero-order chi connectivity index (χ0) is 13.1. The second-order valence-corrected chi connectivity index (χ2v) is 5.05. The molecule has 2 rings (SSSR count). The van der Waals surface area contributed by atoms with E-state index in [1.54, 1.807) is 0 Å². The molecular formula is C13H21N5. The SMILES string of the molecule is Cc1cn(CC(C)C)c(NCc2ccnn2C)n1. The molecule has 5 heteroatoms. The lowest BCUT2D eigenvalue weighted by Gasteiger charge is -2.11. The lowest BCUT2D eigenvalue weighted by Crippen LogP contribution is -2.12. The Labute approximate surface area is 108 Å². The van der Waals surface area contributed by atoms with E-state index in [0.29, 0.717) is 5.92 Å². The minimum absolute atomic E-state index is 0.607. The van der Waals surface area contributed by atoms with E-state index in [9.17, 15) is 0 Å². The first kappa shape index (κ1) is 12.7. The van der Waals surface area contributed by atoms with E-state index in [-0.39, 0.29) is 0 Å². The maximum Gasteiger partial charge on any atom is 0.203 e. The largest absolute Gasteiger partial charge is 0.350 e. The fraction of sp³-hybridized carbons (Fsp3) is 0.538. The molecule has 0 unspecified atom stereocenters.